The highest BCUT2D eigenvalue weighted by Gasteiger charge is 2.20. The maximum absolute atomic E-state index is 5.45. The van der Waals surface area contributed by atoms with Crippen molar-refractivity contribution in [2.45, 2.75) is 0 Å². The molecule has 3 aromatic rings. The minimum absolute atomic E-state index is 0.229. The molecule has 0 unspecified atom stereocenters. The number of fused-ring (bicyclic) bond motifs is 2. The van der Waals surface area contributed by atoms with Crippen LogP contribution in [0, 0.1) is 0 Å². The number of aromatic nitrogens is 3. The van der Waals surface area contributed by atoms with Crippen molar-refractivity contribution in [1.82, 2.24) is 15.0 Å². The SMILES string of the molecule is COc1cc2c(cc1-c1cncc3[nH]cnc13)OCO2. The Morgan fingerprint density at radius 1 is 1.15 bits per heavy atom. The fraction of sp³-hybridized carbons (Fsp3) is 0.143. The Bertz CT molecular complexity index is 797. The highest BCUT2D eigenvalue weighted by Crippen LogP contribution is 2.43. The lowest BCUT2D eigenvalue weighted by Gasteiger charge is -2.10. The summed E-state index contributed by atoms with van der Waals surface area (Å²) < 4.78 is 16.2. The molecule has 6 heteroatoms. The topological polar surface area (TPSA) is 69.3 Å². The molecule has 1 aromatic carbocycles. The Kier molecular flexibility index (Phi) is 2.29. The van der Waals surface area contributed by atoms with E-state index in [-0.39, 0.29) is 6.79 Å². The lowest BCUT2D eigenvalue weighted by Crippen LogP contribution is -1.92. The Balaban J connectivity index is 2.00. The number of ether oxygens (including phenoxy) is 3. The van der Waals surface area contributed by atoms with Gasteiger partial charge in [-0.2, -0.15) is 0 Å². The zero-order valence-electron chi connectivity index (χ0n) is 10.7. The van der Waals surface area contributed by atoms with Crippen molar-refractivity contribution in [1.29, 1.82) is 0 Å². The molecule has 1 N–H and O–H groups in total. The highest BCUT2D eigenvalue weighted by molar-refractivity contribution is 5.93. The Morgan fingerprint density at radius 2 is 2.00 bits per heavy atom. The summed E-state index contributed by atoms with van der Waals surface area (Å²) in [5, 5.41) is 0. The Hall–Kier alpha value is -2.76. The molecule has 6 nitrogen and oxygen atoms in total. The van der Waals surface area contributed by atoms with Crippen molar-refractivity contribution in [2.75, 3.05) is 13.9 Å². The molecule has 0 saturated heterocycles. The highest BCUT2D eigenvalue weighted by atomic mass is 16.7. The number of benzene rings is 1. The van der Waals surface area contributed by atoms with Gasteiger partial charge in [0.1, 0.15) is 5.75 Å². The number of hydrogen-bond donors (Lipinski definition) is 1. The van der Waals surface area contributed by atoms with E-state index in [9.17, 15) is 0 Å². The van der Waals surface area contributed by atoms with Crippen LogP contribution in [0.3, 0.4) is 0 Å². The molecule has 4 rings (SSSR count). The maximum atomic E-state index is 5.45. The number of nitrogens with zero attached hydrogens (tertiary/aromatic N) is 2. The summed E-state index contributed by atoms with van der Waals surface area (Å²) in [5.41, 5.74) is 3.49. The van der Waals surface area contributed by atoms with Gasteiger partial charge in [-0.25, -0.2) is 4.98 Å². The van der Waals surface area contributed by atoms with Gasteiger partial charge in [-0.05, 0) is 6.07 Å². The predicted molar refractivity (Wildman–Crippen MR) is 72.0 cm³/mol. The summed E-state index contributed by atoms with van der Waals surface area (Å²) in [6.07, 6.45) is 5.16. The summed E-state index contributed by atoms with van der Waals surface area (Å²) in [7, 11) is 1.62. The molecule has 1 aliphatic rings. The number of rotatable bonds is 2. The third kappa shape index (κ3) is 1.51. The molecule has 0 saturated carbocycles. The van der Waals surface area contributed by atoms with E-state index >= 15 is 0 Å². The quantitative estimate of drug-likeness (QED) is 0.773. The monoisotopic (exact) mass is 269 g/mol. The van der Waals surface area contributed by atoms with Crippen LogP contribution >= 0.6 is 0 Å². The van der Waals surface area contributed by atoms with E-state index in [1.54, 1.807) is 25.8 Å². The maximum Gasteiger partial charge on any atom is 0.231 e. The second kappa shape index (κ2) is 4.12. The second-order valence-electron chi connectivity index (χ2n) is 4.39. The van der Waals surface area contributed by atoms with Crippen LogP contribution in [-0.4, -0.2) is 28.9 Å². The van der Waals surface area contributed by atoms with Crippen LogP contribution in [0.5, 0.6) is 17.2 Å². The zero-order chi connectivity index (χ0) is 13.5. The van der Waals surface area contributed by atoms with Gasteiger partial charge < -0.3 is 19.2 Å². The number of imidazole rings is 1. The van der Waals surface area contributed by atoms with Gasteiger partial charge in [0.05, 0.1) is 30.7 Å². The number of nitrogens with one attached hydrogen (secondary N) is 1. The van der Waals surface area contributed by atoms with E-state index in [4.69, 9.17) is 14.2 Å². The van der Waals surface area contributed by atoms with Crippen LogP contribution in [0.1, 0.15) is 0 Å². The summed E-state index contributed by atoms with van der Waals surface area (Å²) >= 11 is 0. The van der Waals surface area contributed by atoms with E-state index in [1.807, 2.05) is 12.1 Å². The first kappa shape index (κ1) is 11.1. The smallest absolute Gasteiger partial charge is 0.231 e. The van der Waals surface area contributed by atoms with Crippen LogP contribution in [0.2, 0.25) is 0 Å². The Labute approximate surface area is 114 Å². The predicted octanol–water partition coefficient (Wildman–Crippen LogP) is 2.36. The first-order chi connectivity index (χ1) is 9.86. The number of aromatic amines is 1. The van der Waals surface area contributed by atoms with Crippen molar-refractivity contribution < 1.29 is 14.2 Å². The molecule has 3 heterocycles. The number of hydrogen-bond acceptors (Lipinski definition) is 5. The summed E-state index contributed by atoms with van der Waals surface area (Å²) in [4.78, 5) is 11.6. The number of pyridine rings is 1. The standard InChI is InChI=1S/C14H11N3O3/c1-18-11-3-13-12(19-7-20-13)2-8(11)9-4-15-5-10-14(9)17-6-16-10/h2-6H,7H2,1H3,(H,16,17). The number of H-pyrrole nitrogens is 1. The fourth-order valence-electron chi connectivity index (χ4n) is 2.36. The van der Waals surface area contributed by atoms with E-state index < -0.39 is 0 Å². The van der Waals surface area contributed by atoms with Crippen LogP contribution in [-0.2, 0) is 0 Å². The van der Waals surface area contributed by atoms with E-state index in [1.165, 1.54) is 0 Å². The molecule has 1 aliphatic heterocycles. The molecule has 100 valence electrons. The molecule has 0 amide bonds. The van der Waals surface area contributed by atoms with Gasteiger partial charge in [0.15, 0.2) is 11.5 Å². The first-order valence-corrected chi connectivity index (χ1v) is 6.12. The molecule has 0 spiro atoms. The van der Waals surface area contributed by atoms with Crippen molar-refractivity contribution >= 4 is 11.0 Å². The van der Waals surface area contributed by atoms with Crippen molar-refractivity contribution in [3.8, 4) is 28.4 Å². The average Bonchev–Trinajstić information content (AvgIpc) is 3.13. The largest absolute Gasteiger partial charge is 0.496 e. The van der Waals surface area contributed by atoms with Gasteiger partial charge in [-0.1, -0.05) is 0 Å². The van der Waals surface area contributed by atoms with Crippen molar-refractivity contribution in [2.24, 2.45) is 0 Å². The second-order valence-corrected chi connectivity index (χ2v) is 4.39. The number of methoxy groups -OCH3 is 1. The van der Waals surface area contributed by atoms with Gasteiger partial charge in [0, 0.05) is 23.4 Å². The van der Waals surface area contributed by atoms with Crippen molar-refractivity contribution in [3.63, 3.8) is 0 Å². The molecular weight excluding hydrogens is 258 g/mol. The van der Waals surface area contributed by atoms with Crippen LogP contribution in [0.25, 0.3) is 22.2 Å². The van der Waals surface area contributed by atoms with E-state index in [0.717, 1.165) is 22.2 Å². The molecular formula is C14H11N3O3. The normalized spacial score (nSPS) is 12.8. The van der Waals surface area contributed by atoms with Crippen molar-refractivity contribution in [3.05, 3.63) is 30.9 Å². The van der Waals surface area contributed by atoms with Gasteiger partial charge >= 0.3 is 0 Å². The summed E-state index contributed by atoms with van der Waals surface area (Å²) in [5.74, 6) is 2.09. The molecule has 20 heavy (non-hydrogen) atoms. The average molecular weight is 269 g/mol. The van der Waals surface area contributed by atoms with Gasteiger partial charge in [-0.15, -0.1) is 0 Å². The third-order valence-electron chi connectivity index (χ3n) is 3.32. The molecule has 0 bridgehead atoms. The van der Waals surface area contributed by atoms with E-state index in [2.05, 4.69) is 15.0 Å². The van der Waals surface area contributed by atoms with Gasteiger partial charge in [-0.3, -0.25) is 4.98 Å². The van der Waals surface area contributed by atoms with Gasteiger partial charge in [0.25, 0.3) is 0 Å². The Morgan fingerprint density at radius 3 is 2.85 bits per heavy atom. The van der Waals surface area contributed by atoms with E-state index in [0.29, 0.717) is 17.2 Å². The van der Waals surface area contributed by atoms with Crippen LogP contribution in [0.4, 0.5) is 0 Å². The minimum atomic E-state index is 0.229. The first-order valence-electron chi connectivity index (χ1n) is 6.12. The van der Waals surface area contributed by atoms with Crippen LogP contribution < -0.4 is 14.2 Å². The molecule has 0 atom stereocenters. The lowest BCUT2D eigenvalue weighted by atomic mass is 10.0. The molecule has 0 radical (unpaired) electrons. The van der Waals surface area contributed by atoms with Crippen LogP contribution in [0.15, 0.2) is 30.9 Å². The summed E-state index contributed by atoms with van der Waals surface area (Å²) in [6, 6.07) is 3.72. The molecule has 0 aliphatic carbocycles. The summed E-state index contributed by atoms with van der Waals surface area (Å²) in [6.45, 7) is 0.229. The minimum Gasteiger partial charge on any atom is -0.496 e. The third-order valence-corrected chi connectivity index (χ3v) is 3.32. The van der Waals surface area contributed by atoms with Gasteiger partial charge in [0.2, 0.25) is 6.79 Å². The fourth-order valence-corrected chi connectivity index (χ4v) is 2.36. The molecule has 0 fully saturated rings. The molecule has 2 aromatic heterocycles. The lowest BCUT2D eigenvalue weighted by molar-refractivity contribution is 0.174. The zero-order valence-corrected chi connectivity index (χ0v) is 10.7.